The Morgan fingerprint density at radius 3 is 2.89 bits per heavy atom. The van der Waals surface area contributed by atoms with Crippen molar-refractivity contribution in [2.75, 3.05) is 6.54 Å². The highest BCUT2D eigenvalue weighted by Gasteiger charge is 2.31. The molecule has 1 aliphatic rings. The first-order valence-corrected chi connectivity index (χ1v) is 6.00. The first-order valence-electron chi connectivity index (χ1n) is 6.00. The zero-order valence-electron chi connectivity index (χ0n) is 10.3. The molecule has 0 spiro atoms. The number of amides is 1. The summed E-state index contributed by atoms with van der Waals surface area (Å²) in [6.45, 7) is 2.22. The molecule has 4 nitrogen and oxygen atoms in total. The molecule has 2 rings (SSSR count). The zero-order chi connectivity index (χ0) is 13.3. The lowest BCUT2D eigenvalue weighted by Gasteiger charge is -2.37. The molecule has 2 unspecified atom stereocenters. The van der Waals surface area contributed by atoms with Gasteiger partial charge in [-0.05, 0) is 43.0 Å². The fourth-order valence-corrected chi connectivity index (χ4v) is 2.53. The van der Waals surface area contributed by atoms with E-state index in [1.807, 2.05) is 0 Å². The van der Waals surface area contributed by atoms with Crippen molar-refractivity contribution >= 4 is 6.09 Å². The third-order valence-corrected chi connectivity index (χ3v) is 3.48. The van der Waals surface area contributed by atoms with Crippen molar-refractivity contribution in [2.45, 2.75) is 31.8 Å². The normalized spacial score (nSPS) is 24.1. The third-order valence-electron chi connectivity index (χ3n) is 3.48. The molecule has 0 aliphatic carbocycles. The molecule has 18 heavy (non-hydrogen) atoms. The topological polar surface area (TPSA) is 66.6 Å². The smallest absolute Gasteiger partial charge is 0.407 e. The van der Waals surface area contributed by atoms with Crippen LogP contribution in [-0.2, 0) is 0 Å². The Labute approximate surface area is 105 Å². The summed E-state index contributed by atoms with van der Waals surface area (Å²) in [4.78, 5) is 12.6. The minimum Gasteiger partial charge on any atom is -0.465 e. The Kier molecular flexibility index (Phi) is 3.52. The number of benzene rings is 1. The van der Waals surface area contributed by atoms with Gasteiger partial charge in [0.25, 0.3) is 0 Å². The molecule has 1 heterocycles. The molecule has 0 saturated carbocycles. The molecule has 2 atom stereocenters. The summed E-state index contributed by atoms with van der Waals surface area (Å²) < 4.78 is 13.1. The minimum absolute atomic E-state index is 0.00458. The van der Waals surface area contributed by atoms with E-state index in [0.29, 0.717) is 19.4 Å². The molecule has 0 aromatic heterocycles. The van der Waals surface area contributed by atoms with Crippen LogP contribution in [0.5, 0.6) is 0 Å². The fraction of sp³-hybridized carbons (Fsp3) is 0.462. The van der Waals surface area contributed by atoms with Gasteiger partial charge in [0.1, 0.15) is 5.82 Å². The van der Waals surface area contributed by atoms with Gasteiger partial charge >= 0.3 is 6.09 Å². The van der Waals surface area contributed by atoms with Gasteiger partial charge in [-0.25, -0.2) is 9.18 Å². The van der Waals surface area contributed by atoms with E-state index in [1.165, 1.54) is 17.0 Å². The highest BCUT2D eigenvalue weighted by atomic mass is 19.1. The minimum atomic E-state index is -0.948. The highest BCUT2D eigenvalue weighted by molar-refractivity contribution is 5.66. The van der Waals surface area contributed by atoms with Gasteiger partial charge in [-0.2, -0.15) is 0 Å². The molecule has 1 aromatic carbocycles. The number of carbonyl (C=O) groups is 1. The number of rotatable bonds is 1. The Hall–Kier alpha value is -1.62. The fourth-order valence-electron chi connectivity index (χ4n) is 2.53. The van der Waals surface area contributed by atoms with E-state index in [0.717, 1.165) is 11.1 Å². The maximum Gasteiger partial charge on any atom is 0.407 e. The Balaban J connectivity index is 2.35. The predicted molar refractivity (Wildman–Crippen MR) is 65.8 cm³/mol. The standard InChI is InChI=1S/C13H17FN2O2/c1-8-6-9(14)2-3-11(8)12-7-10(15)4-5-16(12)13(17)18/h2-3,6,10,12H,4-5,7,15H2,1H3,(H,17,18). The Bertz CT molecular complexity index is 464. The van der Waals surface area contributed by atoms with Crippen LogP contribution in [0.2, 0.25) is 0 Å². The van der Waals surface area contributed by atoms with Gasteiger partial charge in [0, 0.05) is 12.6 Å². The number of nitrogens with zero attached hydrogens (tertiary/aromatic N) is 1. The molecule has 1 amide bonds. The van der Waals surface area contributed by atoms with Crippen molar-refractivity contribution in [3.8, 4) is 0 Å². The molecule has 3 N–H and O–H groups in total. The van der Waals surface area contributed by atoms with Gasteiger partial charge in [-0.15, -0.1) is 0 Å². The van der Waals surface area contributed by atoms with Gasteiger partial charge in [-0.1, -0.05) is 6.07 Å². The van der Waals surface area contributed by atoms with E-state index in [9.17, 15) is 14.3 Å². The third kappa shape index (κ3) is 2.46. The molecule has 5 heteroatoms. The quantitative estimate of drug-likeness (QED) is 0.805. The lowest BCUT2D eigenvalue weighted by molar-refractivity contribution is 0.101. The SMILES string of the molecule is Cc1cc(F)ccc1C1CC(N)CCN1C(=O)O. The van der Waals surface area contributed by atoms with Crippen molar-refractivity contribution in [2.24, 2.45) is 5.73 Å². The first-order chi connectivity index (χ1) is 8.49. The number of halogens is 1. The van der Waals surface area contributed by atoms with E-state index >= 15 is 0 Å². The van der Waals surface area contributed by atoms with E-state index in [1.54, 1.807) is 13.0 Å². The van der Waals surface area contributed by atoms with Gasteiger partial charge in [-0.3, -0.25) is 0 Å². The van der Waals surface area contributed by atoms with E-state index < -0.39 is 6.09 Å². The molecule has 1 aliphatic heterocycles. The van der Waals surface area contributed by atoms with E-state index in [4.69, 9.17) is 5.73 Å². The summed E-state index contributed by atoms with van der Waals surface area (Å²) in [5.74, 6) is -0.307. The largest absolute Gasteiger partial charge is 0.465 e. The number of aryl methyl sites for hydroxylation is 1. The van der Waals surface area contributed by atoms with Crippen molar-refractivity contribution < 1.29 is 14.3 Å². The van der Waals surface area contributed by atoms with Crippen molar-refractivity contribution in [3.63, 3.8) is 0 Å². The molecular weight excluding hydrogens is 235 g/mol. The second kappa shape index (κ2) is 4.94. The van der Waals surface area contributed by atoms with Gasteiger partial charge in [0.2, 0.25) is 0 Å². The van der Waals surface area contributed by atoms with Crippen LogP contribution < -0.4 is 5.73 Å². The number of hydrogen-bond acceptors (Lipinski definition) is 2. The van der Waals surface area contributed by atoms with Crippen LogP contribution in [0.1, 0.15) is 30.0 Å². The van der Waals surface area contributed by atoms with Crippen LogP contribution in [0, 0.1) is 12.7 Å². The van der Waals surface area contributed by atoms with Gasteiger partial charge in [0.15, 0.2) is 0 Å². The molecule has 0 radical (unpaired) electrons. The highest BCUT2D eigenvalue weighted by Crippen LogP contribution is 2.32. The van der Waals surface area contributed by atoms with Crippen molar-refractivity contribution in [1.82, 2.24) is 4.90 Å². The lowest BCUT2D eigenvalue weighted by atomic mass is 9.90. The summed E-state index contributed by atoms with van der Waals surface area (Å²) in [7, 11) is 0. The van der Waals surface area contributed by atoms with Crippen LogP contribution in [0.3, 0.4) is 0 Å². The maximum absolute atomic E-state index is 13.1. The average molecular weight is 252 g/mol. The zero-order valence-corrected chi connectivity index (χ0v) is 10.3. The lowest BCUT2D eigenvalue weighted by Crippen LogP contribution is -2.44. The van der Waals surface area contributed by atoms with Crippen LogP contribution in [0.25, 0.3) is 0 Å². The molecule has 0 bridgehead atoms. The van der Waals surface area contributed by atoms with Crippen molar-refractivity contribution in [1.29, 1.82) is 0 Å². The van der Waals surface area contributed by atoms with Crippen LogP contribution in [0.15, 0.2) is 18.2 Å². The molecule has 1 aromatic rings. The number of carboxylic acid groups (broad SMARTS) is 1. The number of hydrogen-bond donors (Lipinski definition) is 2. The summed E-state index contributed by atoms with van der Waals surface area (Å²) in [6, 6.07) is 4.17. The second-order valence-electron chi connectivity index (χ2n) is 4.78. The molecule has 98 valence electrons. The maximum atomic E-state index is 13.1. The predicted octanol–water partition coefficient (Wildman–Crippen LogP) is 2.28. The molecule has 1 fully saturated rings. The summed E-state index contributed by atoms with van der Waals surface area (Å²) >= 11 is 0. The first kappa shape index (κ1) is 12.8. The van der Waals surface area contributed by atoms with Crippen LogP contribution in [0.4, 0.5) is 9.18 Å². The summed E-state index contributed by atoms with van der Waals surface area (Å²) in [6.07, 6.45) is 0.303. The van der Waals surface area contributed by atoms with Gasteiger partial charge in [0.05, 0.1) is 6.04 Å². The Morgan fingerprint density at radius 1 is 1.56 bits per heavy atom. The second-order valence-corrected chi connectivity index (χ2v) is 4.78. The number of piperidine rings is 1. The van der Waals surface area contributed by atoms with Crippen molar-refractivity contribution in [3.05, 3.63) is 35.1 Å². The number of likely N-dealkylation sites (tertiary alicyclic amines) is 1. The Morgan fingerprint density at radius 2 is 2.28 bits per heavy atom. The number of nitrogens with two attached hydrogens (primary N) is 1. The monoisotopic (exact) mass is 252 g/mol. The average Bonchev–Trinajstić information content (AvgIpc) is 2.28. The summed E-state index contributed by atoms with van der Waals surface area (Å²) in [5.41, 5.74) is 7.52. The molecule has 1 saturated heterocycles. The van der Waals surface area contributed by atoms with E-state index in [2.05, 4.69) is 0 Å². The molecular formula is C13H17FN2O2. The van der Waals surface area contributed by atoms with Gasteiger partial charge < -0.3 is 15.7 Å². The summed E-state index contributed by atoms with van der Waals surface area (Å²) in [5, 5.41) is 9.21. The van der Waals surface area contributed by atoms with Crippen LogP contribution >= 0.6 is 0 Å². The van der Waals surface area contributed by atoms with Crippen LogP contribution in [-0.4, -0.2) is 28.7 Å². The van der Waals surface area contributed by atoms with E-state index in [-0.39, 0.29) is 17.9 Å².